The first-order valence-electron chi connectivity index (χ1n) is 6.24. The van der Waals surface area contributed by atoms with Gasteiger partial charge in [0.2, 0.25) is 0 Å². The molecule has 0 heterocycles. The smallest absolute Gasteiger partial charge is 0.129 e. The Labute approximate surface area is 131 Å². The van der Waals surface area contributed by atoms with Gasteiger partial charge < -0.3 is 4.74 Å². The first-order chi connectivity index (χ1) is 9.55. The molecule has 0 aliphatic carbocycles. The van der Waals surface area contributed by atoms with Gasteiger partial charge in [0.1, 0.15) is 11.4 Å². The molecule has 0 aromatic heterocycles. The predicted molar refractivity (Wildman–Crippen MR) is 83.8 cm³/mol. The summed E-state index contributed by atoms with van der Waals surface area (Å²) in [6.45, 7) is 2.24. The first-order valence-corrected chi connectivity index (χ1v) is 7.74. The lowest BCUT2D eigenvalue weighted by Crippen LogP contribution is -2.29. The van der Waals surface area contributed by atoms with Gasteiger partial charge in [-0.2, -0.15) is 0 Å². The van der Waals surface area contributed by atoms with E-state index in [1.807, 2.05) is 37.3 Å². The zero-order valence-corrected chi connectivity index (χ0v) is 13.4. The SMILES string of the molecule is CC(CBr)(OCc1cccc(Cl)c1)c1ccccc1F. The molecule has 1 unspecified atom stereocenters. The molecule has 0 fully saturated rings. The summed E-state index contributed by atoms with van der Waals surface area (Å²) < 4.78 is 19.9. The summed E-state index contributed by atoms with van der Waals surface area (Å²) in [4.78, 5) is 0. The van der Waals surface area contributed by atoms with Crippen molar-refractivity contribution in [3.63, 3.8) is 0 Å². The van der Waals surface area contributed by atoms with Crippen LogP contribution in [0.25, 0.3) is 0 Å². The van der Waals surface area contributed by atoms with Gasteiger partial charge in [-0.25, -0.2) is 4.39 Å². The van der Waals surface area contributed by atoms with Crippen LogP contribution in [0, 0.1) is 5.82 Å². The van der Waals surface area contributed by atoms with Gasteiger partial charge in [0.15, 0.2) is 0 Å². The topological polar surface area (TPSA) is 9.23 Å². The van der Waals surface area contributed by atoms with Gasteiger partial charge in [0, 0.05) is 15.9 Å². The van der Waals surface area contributed by atoms with Crippen LogP contribution in [0.3, 0.4) is 0 Å². The molecular weight excluding hydrogens is 343 g/mol. The van der Waals surface area contributed by atoms with Crippen LogP contribution in [0.15, 0.2) is 48.5 Å². The highest BCUT2D eigenvalue weighted by molar-refractivity contribution is 9.09. The Morgan fingerprint density at radius 2 is 1.95 bits per heavy atom. The molecule has 20 heavy (non-hydrogen) atoms. The molecule has 1 nitrogen and oxygen atoms in total. The van der Waals surface area contributed by atoms with Crippen LogP contribution in [0.2, 0.25) is 5.02 Å². The molecule has 2 aromatic rings. The monoisotopic (exact) mass is 356 g/mol. The van der Waals surface area contributed by atoms with Crippen molar-refractivity contribution in [2.24, 2.45) is 0 Å². The van der Waals surface area contributed by atoms with Crippen molar-refractivity contribution < 1.29 is 9.13 Å². The fraction of sp³-hybridized carbons (Fsp3) is 0.250. The van der Waals surface area contributed by atoms with E-state index >= 15 is 0 Å². The standard InChI is InChI=1S/C16H15BrClFO/c1-16(11-17,14-7-2-3-8-15(14)19)20-10-12-5-4-6-13(18)9-12/h2-9H,10-11H2,1H3. The van der Waals surface area contributed by atoms with Crippen LogP contribution in [-0.2, 0) is 16.9 Å². The van der Waals surface area contributed by atoms with E-state index in [2.05, 4.69) is 15.9 Å². The summed E-state index contributed by atoms with van der Waals surface area (Å²) >= 11 is 9.36. The third-order valence-corrected chi connectivity index (χ3v) is 4.45. The largest absolute Gasteiger partial charge is 0.365 e. The lowest BCUT2D eigenvalue weighted by Gasteiger charge is -2.29. The number of rotatable bonds is 5. The van der Waals surface area contributed by atoms with Crippen molar-refractivity contribution in [1.29, 1.82) is 0 Å². The minimum Gasteiger partial charge on any atom is -0.365 e. The second-order valence-corrected chi connectivity index (χ2v) is 5.76. The highest BCUT2D eigenvalue weighted by atomic mass is 79.9. The number of ether oxygens (including phenoxy) is 1. The lowest BCUT2D eigenvalue weighted by molar-refractivity contribution is -0.0311. The summed E-state index contributed by atoms with van der Waals surface area (Å²) in [5, 5.41) is 1.17. The number of alkyl halides is 1. The molecule has 4 heteroatoms. The average molecular weight is 358 g/mol. The molecule has 0 N–H and O–H groups in total. The first kappa shape index (κ1) is 15.5. The molecule has 2 aromatic carbocycles. The summed E-state index contributed by atoms with van der Waals surface area (Å²) in [6, 6.07) is 14.1. The Hall–Kier alpha value is -0.900. The quantitative estimate of drug-likeness (QED) is 0.659. The molecular formula is C16H15BrClFO. The third kappa shape index (κ3) is 3.60. The predicted octanol–water partition coefficient (Wildman–Crippen LogP) is 5.31. The van der Waals surface area contributed by atoms with Crippen molar-refractivity contribution >= 4 is 27.5 Å². The van der Waals surface area contributed by atoms with Crippen LogP contribution in [0.1, 0.15) is 18.1 Å². The van der Waals surface area contributed by atoms with Gasteiger partial charge in [-0.05, 0) is 30.7 Å². The zero-order valence-electron chi connectivity index (χ0n) is 11.1. The highest BCUT2D eigenvalue weighted by Gasteiger charge is 2.29. The van der Waals surface area contributed by atoms with E-state index in [1.165, 1.54) is 6.07 Å². The van der Waals surface area contributed by atoms with Crippen molar-refractivity contribution in [3.8, 4) is 0 Å². The molecule has 0 amide bonds. The lowest BCUT2D eigenvalue weighted by atomic mass is 9.97. The van der Waals surface area contributed by atoms with Crippen LogP contribution in [-0.4, -0.2) is 5.33 Å². The fourth-order valence-corrected chi connectivity index (χ4v) is 2.62. The van der Waals surface area contributed by atoms with Gasteiger partial charge in [-0.15, -0.1) is 0 Å². The Bertz CT molecular complexity index is 590. The Kier molecular flexibility index (Phi) is 5.19. The molecule has 1 atom stereocenters. The molecule has 0 aliphatic rings. The number of hydrogen-bond donors (Lipinski definition) is 0. The van der Waals surface area contributed by atoms with Gasteiger partial charge in [-0.3, -0.25) is 0 Å². The van der Waals surface area contributed by atoms with Crippen molar-refractivity contribution in [2.75, 3.05) is 5.33 Å². The van der Waals surface area contributed by atoms with E-state index in [4.69, 9.17) is 16.3 Å². The molecule has 0 radical (unpaired) electrons. The summed E-state index contributed by atoms with van der Waals surface area (Å²) in [7, 11) is 0. The van der Waals surface area contributed by atoms with Gasteiger partial charge in [0.25, 0.3) is 0 Å². The maximum absolute atomic E-state index is 13.9. The molecule has 2 rings (SSSR count). The average Bonchev–Trinajstić information content (AvgIpc) is 2.45. The highest BCUT2D eigenvalue weighted by Crippen LogP contribution is 2.30. The number of hydrogen-bond acceptors (Lipinski definition) is 1. The van der Waals surface area contributed by atoms with Crippen LogP contribution < -0.4 is 0 Å². The summed E-state index contributed by atoms with van der Waals surface area (Å²) in [5.41, 5.74) is 0.771. The molecule has 0 saturated carbocycles. The maximum atomic E-state index is 13.9. The molecule has 0 aliphatic heterocycles. The third-order valence-electron chi connectivity index (χ3n) is 3.15. The second kappa shape index (κ2) is 6.70. The van der Waals surface area contributed by atoms with Gasteiger partial charge in [-0.1, -0.05) is 57.9 Å². The minimum absolute atomic E-state index is 0.263. The van der Waals surface area contributed by atoms with E-state index < -0.39 is 5.60 Å². The second-order valence-electron chi connectivity index (χ2n) is 4.76. The van der Waals surface area contributed by atoms with Crippen molar-refractivity contribution in [3.05, 3.63) is 70.5 Å². The molecule has 0 saturated heterocycles. The minimum atomic E-state index is -0.729. The Morgan fingerprint density at radius 3 is 2.60 bits per heavy atom. The van der Waals surface area contributed by atoms with E-state index in [9.17, 15) is 4.39 Å². The molecule has 0 bridgehead atoms. The fourth-order valence-electron chi connectivity index (χ4n) is 1.95. The van der Waals surface area contributed by atoms with Gasteiger partial charge >= 0.3 is 0 Å². The molecule has 106 valence electrons. The number of benzene rings is 2. The number of halogens is 3. The van der Waals surface area contributed by atoms with Crippen LogP contribution >= 0.6 is 27.5 Å². The Balaban J connectivity index is 2.18. The normalized spacial score (nSPS) is 14.0. The Morgan fingerprint density at radius 1 is 1.20 bits per heavy atom. The van der Waals surface area contributed by atoms with Gasteiger partial charge in [0.05, 0.1) is 6.61 Å². The van der Waals surface area contributed by atoms with E-state index in [0.717, 1.165) is 5.56 Å². The zero-order chi connectivity index (χ0) is 14.6. The van der Waals surface area contributed by atoms with Crippen LogP contribution in [0.5, 0.6) is 0 Å². The molecule has 0 spiro atoms. The van der Waals surface area contributed by atoms with E-state index in [0.29, 0.717) is 22.5 Å². The van der Waals surface area contributed by atoms with Crippen molar-refractivity contribution in [1.82, 2.24) is 0 Å². The summed E-state index contributed by atoms with van der Waals surface area (Å²) in [5.74, 6) is -0.263. The maximum Gasteiger partial charge on any atom is 0.129 e. The van der Waals surface area contributed by atoms with E-state index in [-0.39, 0.29) is 5.82 Å². The van der Waals surface area contributed by atoms with E-state index in [1.54, 1.807) is 12.1 Å². The van der Waals surface area contributed by atoms with Crippen LogP contribution in [0.4, 0.5) is 4.39 Å². The van der Waals surface area contributed by atoms with Crippen molar-refractivity contribution in [2.45, 2.75) is 19.1 Å². The summed E-state index contributed by atoms with van der Waals surface area (Å²) in [6.07, 6.45) is 0.